The van der Waals surface area contributed by atoms with Crippen molar-refractivity contribution < 1.29 is 9.32 Å². The molecule has 1 aliphatic carbocycles. The second-order valence-electron chi connectivity index (χ2n) is 6.16. The van der Waals surface area contributed by atoms with Crippen LogP contribution < -0.4 is 5.32 Å². The molecule has 0 atom stereocenters. The molecule has 2 amide bonds. The van der Waals surface area contributed by atoms with Crippen molar-refractivity contribution in [3.63, 3.8) is 0 Å². The summed E-state index contributed by atoms with van der Waals surface area (Å²) in [5.74, 6) is 0.943. The number of benzene rings is 1. The number of carbonyl (C=O) groups is 1. The minimum absolute atomic E-state index is 0.0934. The highest BCUT2D eigenvalue weighted by molar-refractivity contribution is 9.10. The van der Waals surface area contributed by atoms with E-state index in [9.17, 15) is 4.79 Å². The molecule has 0 unspecified atom stereocenters. The summed E-state index contributed by atoms with van der Waals surface area (Å²) in [6.07, 6.45) is 5.77. The van der Waals surface area contributed by atoms with Gasteiger partial charge in [0, 0.05) is 23.1 Å². The summed E-state index contributed by atoms with van der Waals surface area (Å²) in [6, 6.07) is 7.89. The third kappa shape index (κ3) is 4.35. The lowest BCUT2D eigenvalue weighted by atomic mass is 9.96. The van der Waals surface area contributed by atoms with Crippen LogP contribution in [0.5, 0.6) is 0 Å². The van der Waals surface area contributed by atoms with E-state index < -0.39 is 0 Å². The van der Waals surface area contributed by atoms with E-state index in [2.05, 4.69) is 31.4 Å². The van der Waals surface area contributed by atoms with Gasteiger partial charge >= 0.3 is 6.03 Å². The van der Waals surface area contributed by atoms with Gasteiger partial charge in [0.1, 0.15) is 6.54 Å². The Hall–Kier alpha value is -1.89. The molecular weight excluding hydrogens is 372 g/mol. The molecule has 1 aliphatic rings. The minimum atomic E-state index is -0.0934. The van der Waals surface area contributed by atoms with Crippen LogP contribution in [0.4, 0.5) is 4.79 Å². The van der Waals surface area contributed by atoms with E-state index in [0.717, 1.165) is 22.9 Å². The Labute approximate surface area is 149 Å². The van der Waals surface area contributed by atoms with Gasteiger partial charge in [-0.3, -0.25) is 0 Å². The summed E-state index contributed by atoms with van der Waals surface area (Å²) in [6.45, 7) is 0.291. The normalized spacial score (nSPS) is 15.2. The fraction of sp³-hybridized carbons (Fsp3) is 0.471. The molecule has 24 heavy (non-hydrogen) atoms. The van der Waals surface area contributed by atoms with Crippen LogP contribution in [-0.2, 0) is 6.54 Å². The summed E-state index contributed by atoms with van der Waals surface area (Å²) in [5, 5.41) is 7.07. The summed E-state index contributed by atoms with van der Waals surface area (Å²) in [5.41, 5.74) is 0.869. The average molecular weight is 393 g/mol. The molecule has 0 bridgehead atoms. The third-order valence-electron chi connectivity index (χ3n) is 4.20. The molecule has 128 valence electrons. The maximum atomic E-state index is 12.3. The van der Waals surface area contributed by atoms with Crippen molar-refractivity contribution >= 4 is 22.0 Å². The van der Waals surface area contributed by atoms with Crippen molar-refractivity contribution in [3.05, 3.63) is 34.6 Å². The second-order valence-corrected chi connectivity index (χ2v) is 7.08. The Morgan fingerprint density at radius 1 is 1.38 bits per heavy atom. The summed E-state index contributed by atoms with van der Waals surface area (Å²) in [4.78, 5) is 18.2. The number of carbonyl (C=O) groups excluding carboxylic acids is 1. The fourth-order valence-electron chi connectivity index (χ4n) is 2.87. The number of aromatic nitrogens is 2. The van der Waals surface area contributed by atoms with Crippen LogP contribution in [0, 0.1) is 0 Å². The number of rotatable bonds is 4. The highest BCUT2D eigenvalue weighted by atomic mass is 79.9. The number of hydrogen-bond donors (Lipinski definition) is 1. The zero-order valence-corrected chi connectivity index (χ0v) is 15.3. The molecule has 1 fully saturated rings. The second kappa shape index (κ2) is 7.79. The highest BCUT2D eigenvalue weighted by Gasteiger charge is 2.19. The summed E-state index contributed by atoms with van der Waals surface area (Å²) >= 11 is 3.43. The molecule has 2 aromatic rings. The molecule has 1 aromatic heterocycles. The first-order valence-corrected chi connectivity index (χ1v) is 9.01. The predicted octanol–water partition coefficient (Wildman–Crippen LogP) is 3.97. The lowest BCUT2D eigenvalue weighted by Gasteiger charge is -2.25. The van der Waals surface area contributed by atoms with E-state index >= 15 is 0 Å². The van der Waals surface area contributed by atoms with E-state index in [0.29, 0.717) is 18.3 Å². The van der Waals surface area contributed by atoms with Gasteiger partial charge < -0.3 is 14.7 Å². The van der Waals surface area contributed by atoms with Crippen LogP contribution in [0.15, 0.2) is 33.3 Å². The molecule has 7 heteroatoms. The van der Waals surface area contributed by atoms with Gasteiger partial charge in [0.15, 0.2) is 0 Å². The highest BCUT2D eigenvalue weighted by Crippen LogP contribution is 2.21. The Kier molecular flexibility index (Phi) is 5.50. The van der Waals surface area contributed by atoms with Crippen LogP contribution in [0.2, 0.25) is 0 Å². The quantitative estimate of drug-likeness (QED) is 0.853. The lowest BCUT2D eigenvalue weighted by molar-refractivity contribution is 0.192. The van der Waals surface area contributed by atoms with Crippen LogP contribution in [-0.4, -0.2) is 34.2 Å². The smallest absolute Gasteiger partial charge is 0.317 e. The van der Waals surface area contributed by atoms with Gasteiger partial charge in [0.05, 0.1) is 0 Å². The van der Waals surface area contributed by atoms with E-state index in [-0.39, 0.29) is 12.1 Å². The fourth-order valence-corrected chi connectivity index (χ4v) is 3.27. The van der Waals surface area contributed by atoms with Gasteiger partial charge in [-0.05, 0) is 25.0 Å². The molecule has 1 heterocycles. The summed E-state index contributed by atoms with van der Waals surface area (Å²) in [7, 11) is 1.74. The molecule has 1 saturated carbocycles. The SMILES string of the molecule is CN(Cc1nc(-c2cccc(Br)c2)no1)C(=O)NC1CCCCC1. The topological polar surface area (TPSA) is 71.3 Å². The van der Waals surface area contributed by atoms with Crippen molar-refractivity contribution in [2.24, 2.45) is 0 Å². The van der Waals surface area contributed by atoms with Crippen molar-refractivity contribution in [1.82, 2.24) is 20.4 Å². The van der Waals surface area contributed by atoms with E-state index in [1.54, 1.807) is 11.9 Å². The number of nitrogens with zero attached hydrogens (tertiary/aromatic N) is 3. The Morgan fingerprint density at radius 3 is 2.92 bits per heavy atom. The summed E-state index contributed by atoms with van der Waals surface area (Å²) < 4.78 is 6.23. The monoisotopic (exact) mass is 392 g/mol. The Bertz CT molecular complexity index is 697. The first kappa shape index (κ1) is 17.0. The van der Waals surface area contributed by atoms with Crippen LogP contribution in [0.1, 0.15) is 38.0 Å². The maximum Gasteiger partial charge on any atom is 0.317 e. The molecule has 6 nitrogen and oxygen atoms in total. The number of nitrogens with one attached hydrogen (secondary N) is 1. The first-order valence-electron chi connectivity index (χ1n) is 8.22. The Balaban J connectivity index is 1.58. The van der Waals surface area contributed by atoms with Crippen molar-refractivity contribution in [1.29, 1.82) is 0 Å². The van der Waals surface area contributed by atoms with Crippen LogP contribution in [0.25, 0.3) is 11.4 Å². The molecule has 0 spiro atoms. The number of amides is 2. The minimum Gasteiger partial charge on any atom is -0.337 e. The molecule has 3 rings (SSSR count). The number of halogens is 1. The third-order valence-corrected chi connectivity index (χ3v) is 4.70. The van der Waals surface area contributed by atoms with Crippen LogP contribution in [0.3, 0.4) is 0 Å². The molecule has 0 saturated heterocycles. The van der Waals surface area contributed by atoms with Gasteiger partial charge in [0.25, 0.3) is 0 Å². The molecule has 0 aliphatic heterocycles. The van der Waals surface area contributed by atoms with Gasteiger partial charge in [0.2, 0.25) is 11.7 Å². The van der Waals surface area contributed by atoms with Gasteiger partial charge in [-0.2, -0.15) is 4.98 Å². The lowest BCUT2D eigenvalue weighted by Crippen LogP contribution is -2.43. The predicted molar refractivity (Wildman–Crippen MR) is 94.3 cm³/mol. The zero-order chi connectivity index (χ0) is 16.9. The number of hydrogen-bond acceptors (Lipinski definition) is 4. The maximum absolute atomic E-state index is 12.3. The van der Waals surface area contributed by atoms with Crippen molar-refractivity contribution in [3.8, 4) is 11.4 Å². The largest absolute Gasteiger partial charge is 0.337 e. The Morgan fingerprint density at radius 2 is 2.17 bits per heavy atom. The number of urea groups is 1. The molecule has 1 aromatic carbocycles. The van der Waals surface area contributed by atoms with Gasteiger partial charge in [-0.1, -0.05) is 52.5 Å². The molecule has 0 radical (unpaired) electrons. The van der Waals surface area contributed by atoms with Gasteiger partial charge in [-0.15, -0.1) is 0 Å². The van der Waals surface area contributed by atoms with Gasteiger partial charge in [-0.25, -0.2) is 4.79 Å². The molecular formula is C17H21BrN4O2. The van der Waals surface area contributed by atoms with E-state index in [1.165, 1.54) is 19.3 Å². The molecule has 1 N–H and O–H groups in total. The van der Waals surface area contributed by atoms with E-state index in [4.69, 9.17) is 4.52 Å². The standard InChI is InChI=1S/C17H21BrN4O2/c1-22(17(23)19-14-8-3-2-4-9-14)11-15-20-16(21-24-15)12-6-5-7-13(18)10-12/h5-7,10,14H,2-4,8-9,11H2,1H3,(H,19,23). The van der Waals surface area contributed by atoms with Crippen LogP contribution >= 0.6 is 15.9 Å². The zero-order valence-electron chi connectivity index (χ0n) is 13.7. The average Bonchev–Trinajstić information content (AvgIpc) is 3.04. The van der Waals surface area contributed by atoms with Crippen molar-refractivity contribution in [2.75, 3.05) is 7.05 Å². The van der Waals surface area contributed by atoms with E-state index in [1.807, 2.05) is 24.3 Å². The van der Waals surface area contributed by atoms with Crippen molar-refractivity contribution in [2.45, 2.75) is 44.7 Å². The first-order chi connectivity index (χ1) is 11.6.